The molecule has 0 saturated heterocycles. The second-order valence-electron chi connectivity index (χ2n) is 7.15. The third-order valence-corrected chi connectivity index (χ3v) is 4.52. The van der Waals surface area contributed by atoms with Gasteiger partial charge in [0, 0.05) is 51.9 Å². The van der Waals surface area contributed by atoms with Crippen molar-refractivity contribution in [2.24, 2.45) is 5.73 Å². The number of hydrogen-bond donors (Lipinski definition) is 4. The van der Waals surface area contributed by atoms with E-state index in [9.17, 15) is 13.6 Å². The molecule has 1 aromatic heterocycles. The Balaban J connectivity index is 3.19. The fourth-order valence-electron chi connectivity index (χ4n) is 2.91. The number of amides is 1. The van der Waals surface area contributed by atoms with Gasteiger partial charge in [-0.15, -0.1) is 0 Å². The molecule has 168 valence electrons. The van der Waals surface area contributed by atoms with Gasteiger partial charge in [-0.2, -0.15) is 0 Å². The summed E-state index contributed by atoms with van der Waals surface area (Å²) < 4.78 is 33.4. The molecule has 5 N–H and O–H groups in total. The summed E-state index contributed by atoms with van der Waals surface area (Å²) in [5, 5.41) is 13.2. The number of carbonyl (C=O) groups is 1. The zero-order chi connectivity index (χ0) is 22.9. The SMILES string of the molecule is C=Cc1c(NC)c(C(=O)NCCC)cn1CC(N)C(C)=C(CC=N)OCC(C)(F)F. The van der Waals surface area contributed by atoms with Crippen molar-refractivity contribution >= 4 is 23.9 Å². The number of ether oxygens (including phenoxy) is 1. The topological polar surface area (TPSA) is 105 Å². The molecule has 0 aromatic carbocycles. The first-order chi connectivity index (χ1) is 14.1. The lowest BCUT2D eigenvalue weighted by Crippen LogP contribution is -2.30. The maximum atomic E-state index is 13.2. The summed E-state index contributed by atoms with van der Waals surface area (Å²) in [5.74, 6) is -2.95. The van der Waals surface area contributed by atoms with Crippen molar-refractivity contribution in [3.05, 3.63) is 35.4 Å². The van der Waals surface area contributed by atoms with Gasteiger partial charge in [0.2, 0.25) is 0 Å². The summed E-state index contributed by atoms with van der Waals surface area (Å²) in [7, 11) is 1.72. The smallest absolute Gasteiger partial charge is 0.278 e. The van der Waals surface area contributed by atoms with Crippen LogP contribution in [-0.4, -0.2) is 48.9 Å². The van der Waals surface area contributed by atoms with Gasteiger partial charge in [0.25, 0.3) is 11.8 Å². The normalized spacial score (nSPS) is 13.3. The summed E-state index contributed by atoms with van der Waals surface area (Å²) in [6.07, 6.45) is 5.29. The molecule has 30 heavy (non-hydrogen) atoms. The fraction of sp³-hybridized carbons (Fsp3) is 0.524. The van der Waals surface area contributed by atoms with Crippen LogP contribution in [0.4, 0.5) is 14.5 Å². The molecular formula is C21H33F2N5O2. The van der Waals surface area contributed by atoms with Crippen molar-refractivity contribution in [1.82, 2.24) is 9.88 Å². The van der Waals surface area contributed by atoms with E-state index in [0.29, 0.717) is 29.1 Å². The number of nitrogens with two attached hydrogens (primary N) is 1. The highest BCUT2D eigenvalue weighted by atomic mass is 19.3. The van der Waals surface area contributed by atoms with Crippen molar-refractivity contribution in [3.8, 4) is 0 Å². The molecule has 0 aliphatic heterocycles. The monoisotopic (exact) mass is 425 g/mol. The van der Waals surface area contributed by atoms with Gasteiger partial charge >= 0.3 is 0 Å². The van der Waals surface area contributed by atoms with Crippen LogP contribution in [0.5, 0.6) is 0 Å². The van der Waals surface area contributed by atoms with Gasteiger partial charge in [-0.25, -0.2) is 8.78 Å². The van der Waals surface area contributed by atoms with E-state index in [1.54, 1.807) is 30.8 Å². The molecule has 1 heterocycles. The summed E-state index contributed by atoms with van der Waals surface area (Å²) in [5.41, 5.74) is 8.68. The largest absolute Gasteiger partial charge is 0.491 e. The second-order valence-corrected chi connectivity index (χ2v) is 7.15. The Bertz CT molecular complexity index is 781. The van der Waals surface area contributed by atoms with Crippen LogP contribution < -0.4 is 16.4 Å². The van der Waals surface area contributed by atoms with Crippen molar-refractivity contribution in [1.29, 1.82) is 5.41 Å². The van der Waals surface area contributed by atoms with E-state index in [1.807, 2.05) is 6.92 Å². The Morgan fingerprint density at radius 3 is 2.67 bits per heavy atom. The average molecular weight is 426 g/mol. The quantitative estimate of drug-likeness (QED) is 0.286. The summed E-state index contributed by atoms with van der Waals surface area (Å²) in [6.45, 7) is 8.31. The van der Waals surface area contributed by atoms with Crippen LogP contribution in [0.2, 0.25) is 0 Å². The molecule has 1 atom stereocenters. The first-order valence-electron chi connectivity index (χ1n) is 9.85. The van der Waals surface area contributed by atoms with Crippen LogP contribution in [0.3, 0.4) is 0 Å². The molecule has 1 amide bonds. The maximum absolute atomic E-state index is 13.2. The summed E-state index contributed by atoms with van der Waals surface area (Å²) in [6, 6.07) is -0.576. The lowest BCUT2D eigenvalue weighted by molar-refractivity contribution is -0.0448. The Morgan fingerprint density at radius 1 is 1.50 bits per heavy atom. The molecule has 0 saturated carbocycles. The fourth-order valence-corrected chi connectivity index (χ4v) is 2.91. The highest BCUT2D eigenvalue weighted by Gasteiger charge is 2.24. The number of anilines is 1. The minimum Gasteiger partial charge on any atom is -0.491 e. The van der Waals surface area contributed by atoms with E-state index in [-0.39, 0.29) is 24.6 Å². The number of nitrogens with one attached hydrogen (secondary N) is 3. The second kappa shape index (κ2) is 11.5. The van der Waals surface area contributed by atoms with Crippen molar-refractivity contribution in [3.63, 3.8) is 0 Å². The van der Waals surface area contributed by atoms with E-state index < -0.39 is 18.6 Å². The van der Waals surface area contributed by atoms with Crippen LogP contribution in [-0.2, 0) is 11.3 Å². The van der Waals surface area contributed by atoms with Crippen LogP contribution >= 0.6 is 0 Å². The predicted molar refractivity (Wildman–Crippen MR) is 117 cm³/mol. The highest BCUT2D eigenvalue weighted by molar-refractivity contribution is 6.01. The number of carbonyl (C=O) groups excluding carboxylic acids is 1. The van der Waals surface area contributed by atoms with Gasteiger partial charge in [-0.3, -0.25) is 4.79 Å². The summed E-state index contributed by atoms with van der Waals surface area (Å²) in [4.78, 5) is 12.5. The number of allylic oxidation sites excluding steroid dienone is 1. The molecule has 7 nitrogen and oxygen atoms in total. The summed E-state index contributed by atoms with van der Waals surface area (Å²) >= 11 is 0. The molecule has 9 heteroatoms. The lowest BCUT2D eigenvalue weighted by Gasteiger charge is -2.21. The van der Waals surface area contributed by atoms with Gasteiger partial charge in [-0.1, -0.05) is 13.5 Å². The number of halogens is 2. The number of nitrogens with zero attached hydrogens (tertiary/aromatic N) is 1. The first kappa shape index (κ1) is 25.4. The Kier molecular flexibility index (Phi) is 9.71. The molecule has 0 fully saturated rings. The van der Waals surface area contributed by atoms with Crippen LogP contribution in [0.15, 0.2) is 24.1 Å². The molecule has 0 radical (unpaired) electrons. The molecule has 1 unspecified atom stereocenters. The van der Waals surface area contributed by atoms with E-state index in [0.717, 1.165) is 19.6 Å². The van der Waals surface area contributed by atoms with Crippen LogP contribution in [0.25, 0.3) is 6.08 Å². The standard InChI is InChI=1S/C21H33F2N5O2/c1-6-10-27-20(29)15-11-28(17(7-2)19(15)26-5)12-16(25)14(3)18(8-9-24)30-13-21(4,22)23/h7,9,11,16,24,26H,2,6,8,10,12-13,25H2,1,3-5H3,(H,27,29). The molecule has 0 bridgehead atoms. The number of hydrogen-bond acceptors (Lipinski definition) is 5. The molecule has 1 aromatic rings. The first-order valence-corrected chi connectivity index (χ1v) is 9.85. The minimum absolute atomic E-state index is 0.0715. The van der Waals surface area contributed by atoms with Crippen molar-refractivity contribution in [2.45, 2.75) is 52.1 Å². The molecule has 1 rings (SSSR count). The predicted octanol–water partition coefficient (Wildman–Crippen LogP) is 3.63. The van der Waals surface area contributed by atoms with Crippen LogP contribution in [0.1, 0.15) is 49.7 Å². The van der Waals surface area contributed by atoms with Gasteiger partial charge in [0.05, 0.1) is 16.9 Å². The average Bonchev–Trinajstić information content (AvgIpc) is 3.05. The maximum Gasteiger partial charge on any atom is 0.278 e. The van der Waals surface area contributed by atoms with E-state index in [4.69, 9.17) is 15.9 Å². The number of rotatable bonds is 13. The van der Waals surface area contributed by atoms with Gasteiger partial charge in [-0.05, 0) is 25.0 Å². The van der Waals surface area contributed by atoms with E-state index in [2.05, 4.69) is 17.2 Å². The molecule has 0 aliphatic rings. The van der Waals surface area contributed by atoms with E-state index >= 15 is 0 Å². The highest BCUT2D eigenvalue weighted by Crippen LogP contribution is 2.26. The Labute approximate surface area is 176 Å². The number of alkyl halides is 2. The van der Waals surface area contributed by atoms with E-state index in [1.165, 1.54) is 0 Å². The Morgan fingerprint density at radius 2 is 2.17 bits per heavy atom. The number of aromatic nitrogens is 1. The van der Waals surface area contributed by atoms with Crippen molar-refractivity contribution in [2.75, 3.05) is 25.5 Å². The van der Waals surface area contributed by atoms with Crippen molar-refractivity contribution < 1.29 is 18.3 Å². The van der Waals surface area contributed by atoms with Gasteiger partial charge < -0.3 is 31.1 Å². The van der Waals surface area contributed by atoms with Gasteiger partial charge in [0.1, 0.15) is 5.76 Å². The third-order valence-electron chi connectivity index (χ3n) is 4.52. The van der Waals surface area contributed by atoms with Crippen LogP contribution in [0, 0.1) is 5.41 Å². The zero-order valence-corrected chi connectivity index (χ0v) is 18.1. The molecule has 0 spiro atoms. The minimum atomic E-state index is -2.99. The van der Waals surface area contributed by atoms with Gasteiger partial charge in [0.15, 0.2) is 6.61 Å². The third kappa shape index (κ3) is 6.98. The zero-order valence-electron chi connectivity index (χ0n) is 18.1. The molecule has 0 aliphatic carbocycles. The lowest BCUT2D eigenvalue weighted by atomic mass is 10.1. The molecular weight excluding hydrogens is 392 g/mol. The Hall–Kier alpha value is -2.68.